The van der Waals surface area contributed by atoms with Crippen molar-refractivity contribution >= 4 is 17.9 Å². The third-order valence-corrected chi connectivity index (χ3v) is 9.63. The standard InChI is InChI=1S/C16H20As/c1-17(2,16-11-7-4-8-12-16)14-13-15-9-5-3-6-10-15/h3-12H,13-14H2,1-2H3/q+1. The average molecular weight is 287 g/mol. The molecule has 2 aromatic carbocycles. The normalized spacial score (nSPS) is 11.4. The first-order valence-corrected chi connectivity index (χ1v) is 12.1. The fraction of sp³-hybridized carbons (Fsp3) is 0.250. The van der Waals surface area contributed by atoms with Gasteiger partial charge in [0.2, 0.25) is 0 Å². The fourth-order valence-corrected chi connectivity index (χ4v) is 6.32. The Morgan fingerprint density at radius 1 is 0.765 bits per heavy atom. The first kappa shape index (κ1) is 12.5. The molecule has 0 nitrogen and oxygen atoms in total. The Labute approximate surface area is 107 Å². The van der Waals surface area contributed by atoms with Crippen molar-refractivity contribution in [3.8, 4) is 0 Å². The first-order valence-electron chi connectivity index (χ1n) is 6.11. The molecule has 0 heterocycles. The molecule has 0 spiro atoms. The van der Waals surface area contributed by atoms with Gasteiger partial charge in [-0.2, -0.15) is 0 Å². The minimum absolute atomic E-state index is 1.22. The van der Waals surface area contributed by atoms with Gasteiger partial charge in [0.1, 0.15) is 0 Å². The van der Waals surface area contributed by atoms with Crippen LogP contribution in [0.15, 0.2) is 60.7 Å². The minimum atomic E-state index is -1.62. The van der Waals surface area contributed by atoms with E-state index >= 15 is 0 Å². The van der Waals surface area contributed by atoms with E-state index in [0.717, 1.165) is 0 Å². The van der Waals surface area contributed by atoms with E-state index in [1.54, 1.807) is 4.35 Å². The molecule has 0 saturated heterocycles. The van der Waals surface area contributed by atoms with E-state index < -0.39 is 13.6 Å². The molecule has 0 atom stereocenters. The second-order valence-electron chi connectivity index (χ2n) is 4.98. The molecule has 88 valence electrons. The van der Waals surface area contributed by atoms with E-state index in [-0.39, 0.29) is 0 Å². The van der Waals surface area contributed by atoms with E-state index in [2.05, 4.69) is 72.1 Å². The molecule has 0 aliphatic carbocycles. The second-order valence-corrected chi connectivity index (χ2v) is 14.1. The van der Waals surface area contributed by atoms with Crippen LogP contribution >= 0.6 is 0 Å². The summed E-state index contributed by atoms with van der Waals surface area (Å²) in [4.78, 5) is 0. The van der Waals surface area contributed by atoms with Crippen LogP contribution in [0, 0.1) is 0 Å². The van der Waals surface area contributed by atoms with Crippen LogP contribution in [0.1, 0.15) is 5.56 Å². The topological polar surface area (TPSA) is 0 Å². The monoisotopic (exact) mass is 287 g/mol. The van der Waals surface area contributed by atoms with Gasteiger partial charge in [0, 0.05) is 0 Å². The van der Waals surface area contributed by atoms with Gasteiger partial charge < -0.3 is 0 Å². The average Bonchev–Trinajstić information content (AvgIpc) is 2.39. The molecule has 0 radical (unpaired) electrons. The SMILES string of the molecule is C[As+](C)(CCc1ccccc1)c1ccccc1. The summed E-state index contributed by atoms with van der Waals surface area (Å²) in [5.74, 6) is 0. The summed E-state index contributed by atoms with van der Waals surface area (Å²) in [5, 5.41) is 1.35. The summed E-state index contributed by atoms with van der Waals surface area (Å²) in [6.07, 6.45) is 1.22. The Balaban J connectivity index is 2.03. The summed E-state index contributed by atoms with van der Waals surface area (Å²) in [6.45, 7) is 0. The molecule has 0 aliphatic rings. The van der Waals surface area contributed by atoms with Gasteiger partial charge in [0.05, 0.1) is 0 Å². The van der Waals surface area contributed by atoms with Gasteiger partial charge in [-0.25, -0.2) is 0 Å². The third-order valence-electron chi connectivity index (χ3n) is 3.26. The molecule has 0 bridgehead atoms. The molecule has 2 aromatic rings. The Kier molecular flexibility index (Phi) is 4.07. The molecule has 0 fully saturated rings. The molecule has 0 saturated carbocycles. The van der Waals surface area contributed by atoms with Crippen molar-refractivity contribution in [2.45, 2.75) is 23.1 Å². The fourth-order valence-electron chi connectivity index (χ4n) is 2.01. The molecule has 0 aromatic heterocycles. The van der Waals surface area contributed by atoms with Crippen molar-refractivity contribution in [3.63, 3.8) is 0 Å². The van der Waals surface area contributed by atoms with Crippen LogP contribution in [0.3, 0.4) is 0 Å². The summed E-state index contributed by atoms with van der Waals surface area (Å²) in [7, 11) is 0. The second kappa shape index (κ2) is 5.56. The number of hydrogen-bond donors (Lipinski definition) is 0. The summed E-state index contributed by atoms with van der Waals surface area (Å²) < 4.78 is 1.60. The number of rotatable bonds is 4. The zero-order valence-electron chi connectivity index (χ0n) is 10.6. The summed E-state index contributed by atoms with van der Waals surface area (Å²) in [6, 6.07) is 21.9. The molecule has 0 amide bonds. The number of aryl methyl sites for hydroxylation is 1. The van der Waals surface area contributed by atoms with Crippen LogP contribution in [-0.4, -0.2) is 13.6 Å². The van der Waals surface area contributed by atoms with Gasteiger partial charge in [-0.15, -0.1) is 0 Å². The third kappa shape index (κ3) is 3.48. The van der Waals surface area contributed by atoms with Gasteiger partial charge in [-0.3, -0.25) is 0 Å². The first-order chi connectivity index (χ1) is 8.18. The number of benzene rings is 2. The maximum atomic E-state index is 2.50. The summed E-state index contributed by atoms with van der Waals surface area (Å²) >= 11 is -1.62. The van der Waals surface area contributed by atoms with Gasteiger partial charge >= 0.3 is 107 Å². The Bertz CT molecular complexity index is 445. The molecular formula is C16H20As+. The van der Waals surface area contributed by atoms with Crippen LogP contribution in [0.5, 0.6) is 0 Å². The molecule has 17 heavy (non-hydrogen) atoms. The van der Waals surface area contributed by atoms with Crippen molar-refractivity contribution in [2.24, 2.45) is 0 Å². The van der Waals surface area contributed by atoms with Gasteiger partial charge in [0.15, 0.2) is 0 Å². The van der Waals surface area contributed by atoms with E-state index in [1.807, 2.05) is 0 Å². The van der Waals surface area contributed by atoms with Gasteiger partial charge in [-0.05, 0) is 0 Å². The van der Waals surface area contributed by atoms with E-state index in [4.69, 9.17) is 0 Å². The van der Waals surface area contributed by atoms with Crippen LogP contribution in [-0.2, 0) is 6.42 Å². The molecule has 2 rings (SSSR count). The van der Waals surface area contributed by atoms with Crippen molar-refractivity contribution in [1.82, 2.24) is 0 Å². The van der Waals surface area contributed by atoms with E-state index in [0.29, 0.717) is 0 Å². The molecule has 0 aliphatic heterocycles. The van der Waals surface area contributed by atoms with Gasteiger partial charge in [0.25, 0.3) is 0 Å². The van der Waals surface area contributed by atoms with Crippen molar-refractivity contribution in [3.05, 3.63) is 66.2 Å². The maximum absolute atomic E-state index is 2.50. The van der Waals surface area contributed by atoms with E-state index in [1.165, 1.54) is 17.2 Å². The molecule has 0 unspecified atom stereocenters. The van der Waals surface area contributed by atoms with Gasteiger partial charge in [-0.1, -0.05) is 0 Å². The van der Waals surface area contributed by atoms with E-state index in [9.17, 15) is 0 Å². The zero-order valence-corrected chi connectivity index (χ0v) is 12.5. The zero-order chi connectivity index (χ0) is 12.1. The molecule has 1 heteroatoms. The van der Waals surface area contributed by atoms with Crippen LogP contribution < -0.4 is 4.35 Å². The quantitative estimate of drug-likeness (QED) is 0.749. The number of hydrogen-bond acceptors (Lipinski definition) is 0. The van der Waals surface area contributed by atoms with Crippen molar-refractivity contribution in [1.29, 1.82) is 0 Å². The Hall–Kier alpha value is -1.00. The Morgan fingerprint density at radius 2 is 1.29 bits per heavy atom. The predicted octanol–water partition coefficient (Wildman–Crippen LogP) is 3.84. The van der Waals surface area contributed by atoms with Crippen LogP contribution in [0.2, 0.25) is 16.6 Å². The van der Waals surface area contributed by atoms with Crippen LogP contribution in [0.4, 0.5) is 0 Å². The predicted molar refractivity (Wildman–Crippen MR) is 78.5 cm³/mol. The van der Waals surface area contributed by atoms with Crippen LogP contribution in [0.25, 0.3) is 0 Å². The van der Waals surface area contributed by atoms with Crippen molar-refractivity contribution < 1.29 is 0 Å². The molecular weight excluding hydrogens is 267 g/mol. The van der Waals surface area contributed by atoms with Crippen molar-refractivity contribution in [2.75, 3.05) is 0 Å². The Morgan fingerprint density at radius 3 is 1.88 bits per heavy atom. The molecule has 0 N–H and O–H groups in total. The summed E-state index contributed by atoms with van der Waals surface area (Å²) in [5.41, 5.74) is 6.46.